The van der Waals surface area contributed by atoms with E-state index in [1.807, 2.05) is 55.6 Å². The van der Waals surface area contributed by atoms with Crippen molar-refractivity contribution in [2.45, 2.75) is 38.5 Å². The molecular weight excluding hydrogens is 420 g/mol. The predicted molar refractivity (Wildman–Crippen MR) is 122 cm³/mol. The van der Waals surface area contributed by atoms with Crippen molar-refractivity contribution in [3.63, 3.8) is 0 Å². The van der Waals surface area contributed by atoms with Gasteiger partial charge in [0.25, 0.3) is 0 Å². The van der Waals surface area contributed by atoms with Crippen molar-refractivity contribution in [1.82, 2.24) is 14.9 Å². The van der Waals surface area contributed by atoms with Gasteiger partial charge in [-0.3, -0.25) is 0 Å². The first-order valence-corrected chi connectivity index (χ1v) is 11.3. The maximum atomic E-state index is 6.22. The van der Waals surface area contributed by atoms with Crippen molar-refractivity contribution in [2.24, 2.45) is 5.10 Å². The molecule has 0 spiro atoms. The Balaban J connectivity index is 1.82. The van der Waals surface area contributed by atoms with Crippen LogP contribution in [-0.4, -0.2) is 34.0 Å². The van der Waals surface area contributed by atoms with Crippen LogP contribution >= 0.6 is 23.4 Å². The molecule has 6 nitrogen and oxygen atoms in total. The zero-order valence-electron chi connectivity index (χ0n) is 17.5. The molecule has 0 saturated heterocycles. The van der Waals surface area contributed by atoms with Gasteiger partial charge in [0.1, 0.15) is 6.61 Å². The minimum Gasteiger partial charge on any atom is -0.490 e. The molecule has 0 atom stereocenters. The fourth-order valence-electron chi connectivity index (χ4n) is 2.76. The number of thioether (sulfide) groups is 1. The minimum absolute atomic E-state index is 0.218. The van der Waals surface area contributed by atoms with E-state index in [9.17, 15) is 0 Å². The highest BCUT2D eigenvalue weighted by Crippen LogP contribution is 2.30. The Labute approximate surface area is 186 Å². The van der Waals surface area contributed by atoms with Gasteiger partial charge in [0.2, 0.25) is 5.16 Å². The smallest absolute Gasteiger partial charge is 0.211 e. The lowest BCUT2D eigenvalue weighted by atomic mass is 10.2. The number of hydrogen-bond donors (Lipinski definition) is 0. The first-order chi connectivity index (χ1) is 14.5. The number of ether oxygens (including phenoxy) is 2. The van der Waals surface area contributed by atoms with Crippen molar-refractivity contribution < 1.29 is 9.47 Å². The number of nitrogens with zero attached hydrogens (tertiary/aromatic N) is 4. The quantitative estimate of drug-likeness (QED) is 0.316. The fraction of sp³-hybridized carbons (Fsp3) is 0.318. The number of aromatic nitrogens is 3. The van der Waals surface area contributed by atoms with Crippen LogP contribution in [0.5, 0.6) is 11.5 Å². The summed E-state index contributed by atoms with van der Waals surface area (Å²) in [5.74, 6) is 2.35. The Kier molecular flexibility index (Phi) is 7.76. The lowest BCUT2D eigenvalue weighted by Crippen LogP contribution is -2.03. The van der Waals surface area contributed by atoms with Crippen LogP contribution in [-0.2, 0) is 6.61 Å². The summed E-state index contributed by atoms with van der Waals surface area (Å²) < 4.78 is 13.5. The number of rotatable bonds is 9. The summed E-state index contributed by atoms with van der Waals surface area (Å²) in [6.07, 6.45) is 3.73. The third-order valence-electron chi connectivity index (χ3n) is 4.27. The standard InChI is InChI=1S/C22H25ClN4O2S/c1-5-28-20-12-16(13-24-27-21(15(2)3)25-26-22(27)30-4)10-11-19(20)29-14-17-8-6-7-9-18(17)23/h6-13,15H,5,14H2,1-4H3/b24-13-. The van der Waals surface area contributed by atoms with Crippen molar-refractivity contribution >= 4 is 29.6 Å². The number of benzene rings is 2. The maximum Gasteiger partial charge on any atom is 0.211 e. The molecule has 0 saturated carbocycles. The second-order valence-corrected chi connectivity index (χ2v) is 7.96. The van der Waals surface area contributed by atoms with Crippen LogP contribution in [0.25, 0.3) is 0 Å². The molecule has 1 aromatic heterocycles. The van der Waals surface area contributed by atoms with Crippen LogP contribution in [0.3, 0.4) is 0 Å². The molecule has 8 heteroatoms. The summed E-state index contributed by atoms with van der Waals surface area (Å²) in [5.41, 5.74) is 1.81. The van der Waals surface area contributed by atoms with Gasteiger partial charge in [-0.05, 0) is 43.0 Å². The van der Waals surface area contributed by atoms with E-state index >= 15 is 0 Å². The fourth-order valence-corrected chi connectivity index (χ4v) is 3.39. The molecule has 158 valence electrons. The molecule has 0 aliphatic carbocycles. The topological polar surface area (TPSA) is 61.5 Å². The van der Waals surface area contributed by atoms with E-state index in [0.717, 1.165) is 22.1 Å². The highest BCUT2D eigenvalue weighted by atomic mass is 35.5. The van der Waals surface area contributed by atoms with Crippen LogP contribution in [0.1, 0.15) is 43.6 Å². The molecule has 2 aromatic carbocycles. The summed E-state index contributed by atoms with van der Waals surface area (Å²) in [7, 11) is 0. The van der Waals surface area contributed by atoms with Crippen molar-refractivity contribution in [1.29, 1.82) is 0 Å². The molecule has 0 unspecified atom stereocenters. The highest BCUT2D eigenvalue weighted by Gasteiger charge is 2.14. The van der Waals surface area contributed by atoms with Crippen LogP contribution in [0, 0.1) is 0 Å². The van der Waals surface area contributed by atoms with Crippen molar-refractivity contribution in [2.75, 3.05) is 12.9 Å². The summed E-state index contributed by atoms with van der Waals surface area (Å²) in [6, 6.07) is 13.4. The van der Waals surface area contributed by atoms with Gasteiger partial charge < -0.3 is 9.47 Å². The van der Waals surface area contributed by atoms with Crippen LogP contribution < -0.4 is 9.47 Å². The first kappa shape index (κ1) is 22.2. The Hall–Kier alpha value is -2.51. The third kappa shape index (κ3) is 5.34. The molecule has 0 N–H and O–H groups in total. The third-order valence-corrected chi connectivity index (χ3v) is 5.25. The lowest BCUT2D eigenvalue weighted by Gasteiger charge is -2.13. The molecule has 1 heterocycles. The Morgan fingerprint density at radius 1 is 1.13 bits per heavy atom. The van der Waals surface area contributed by atoms with Gasteiger partial charge in [0.05, 0.1) is 12.8 Å². The van der Waals surface area contributed by atoms with Gasteiger partial charge in [-0.1, -0.05) is 55.4 Å². The van der Waals surface area contributed by atoms with E-state index < -0.39 is 0 Å². The summed E-state index contributed by atoms with van der Waals surface area (Å²) in [6.45, 7) is 6.97. The summed E-state index contributed by atoms with van der Waals surface area (Å²) >= 11 is 7.73. The Morgan fingerprint density at radius 3 is 2.63 bits per heavy atom. The zero-order chi connectivity index (χ0) is 21.5. The van der Waals surface area contributed by atoms with Gasteiger partial charge in [0, 0.05) is 16.5 Å². The second kappa shape index (κ2) is 10.5. The molecule has 0 fully saturated rings. The van der Waals surface area contributed by atoms with Gasteiger partial charge in [0.15, 0.2) is 17.3 Å². The normalized spacial score (nSPS) is 11.4. The molecule has 0 amide bonds. The van der Waals surface area contributed by atoms with E-state index in [0.29, 0.717) is 29.7 Å². The van der Waals surface area contributed by atoms with Gasteiger partial charge >= 0.3 is 0 Å². The highest BCUT2D eigenvalue weighted by molar-refractivity contribution is 7.98. The van der Waals surface area contributed by atoms with Crippen molar-refractivity contribution in [3.05, 3.63) is 64.4 Å². The molecular formula is C22H25ClN4O2S. The molecule has 30 heavy (non-hydrogen) atoms. The van der Waals surface area contributed by atoms with Crippen LogP contribution in [0.15, 0.2) is 52.7 Å². The molecule has 3 aromatic rings. The SMILES string of the molecule is CCOc1cc(/C=N\n2c(SC)nnc2C(C)C)ccc1OCc1ccccc1Cl. The molecule has 0 bridgehead atoms. The largest absolute Gasteiger partial charge is 0.490 e. The van der Waals surface area contributed by atoms with E-state index in [-0.39, 0.29) is 5.92 Å². The monoisotopic (exact) mass is 444 g/mol. The predicted octanol–water partition coefficient (Wildman–Crippen LogP) is 5.64. The molecule has 3 rings (SSSR count). The van der Waals surface area contributed by atoms with E-state index in [4.69, 9.17) is 21.1 Å². The second-order valence-electron chi connectivity index (χ2n) is 6.78. The van der Waals surface area contributed by atoms with Gasteiger partial charge in [-0.25, -0.2) is 0 Å². The summed E-state index contributed by atoms with van der Waals surface area (Å²) in [4.78, 5) is 0. The average molecular weight is 445 g/mol. The number of halogens is 1. The minimum atomic E-state index is 0.218. The van der Waals surface area contributed by atoms with Crippen LogP contribution in [0.2, 0.25) is 5.02 Å². The first-order valence-electron chi connectivity index (χ1n) is 9.70. The Bertz CT molecular complexity index is 1020. The Morgan fingerprint density at radius 2 is 1.93 bits per heavy atom. The van der Waals surface area contributed by atoms with Crippen molar-refractivity contribution in [3.8, 4) is 11.5 Å². The zero-order valence-corrected chi connectivity index (χ0v) is 19.1. The maximum absolute atomic E-state index is 6.22. The average Bonchev–Trinajstić information content (AvgIpc) is 3.16. The van der Waals surface area contributed by atoms with E-state index in [1.54, 1.807) is 10.9 Å². The van der Waals surface area contributed by atoms with Gasteiger partial charge in [-0.2, -0.15) is 9.78 Å². The molecule has 0 radical (unpaired) electrons. The van der Waals surface area contributed by atoms with Gasteiger partial charge in [-0.15, -0.1) is 10.2 Å². The van der Waals surface area contributed by atoms with Crippen LogP contribution in [0.4, 0.5) is 0 Å². The summed E-state index contributed by atoms with van der Waals surface area (Å²) in [5, 5.41) is 14.5. The van der Waals surface area contributed by atoms with E-state index in [2.05, 4.69) is 29.1 Å². The lowest BCUT2D eigenvalue weighted by molar-refractivity contribution is 0.269. The molecule has 0 aliphatic heterocycles. The van der Waals surface area contributed by atoms with E-state index in [1.165, 1.54) is 11.8 Å². The number of hydrogen-bond acceptors (Lipinski definition) is 6. The molecule has 0 aliphatic rings.